The van der Waals surface area contributed by atoms with Crippen LogP contribution in [0.1, 0.15) is 18.7 Å². The number of aromatic nitrogens is 3. The molecular formula is C17H15ClN4. The number of anilines is 1. The average Bonchev–Trinajstić information content (AvgIpc) is 2.94. The summed E-state index contributed by atoms with van der Waals surface area (Å²) >= 11 is 6.22. The van der Waals surface area contributed by atoms with E-state index in [9.17, 15) is 0 Å². The molecule has 22 heavy (non-hydrogen) atoms. The van der Waals surface area contributed by atoms with Gasteiger partial charge in [0.05, 0.1) is 11.4 Å². The molecule has 1 atom stereocenters. The molecule has 0 saturated heterocycles. The maximum Gasteiger partial charge on any atom is 0.168 e. The van der Waals surface area contributed by atoms with Crippen molar-refractivity contribution in [1.29, 1.82) is 0 Å². The Morgan fingerprint density at radius 1 is 1.14 bits per heavy atom. The molecule has 5 heteroatoms. The van der Waals surface area contributed by atoms with E-state index in [1.807, 2.05) is 48.5 Å². The van der Waals surface area contributed by atoms with E-state index in [-0.39, 0.29) is 5.92 Å². The van der Waals surface area contributed by atoms with E-state index in [1.165, 1.54) is 0 Å². The van der Waals surface area contributed by atoms with Crippen molar-refractivity contribution in [3.05, 3.63) is 59.4 Å². The number of rotatable bonds is 1. The smallest absolute Gasteiger partial charge is 0.168 e. The monoisotopic (exact) mass is 310 g/mol. The largest absolute Gasteiger partial charge is 0.383 e. The second kappa shape index (κ2) is 5.14. The van der Waals surface area contributed by atoms with Gasteiger partial charge in [-0.3, -0.25) is 4.57 Å². The van der Waals surface area contributed by atoms with Gasteiger partial charge in [-0.1, -0.05) is 48.9 Å². The molecule has 110 valence electrons. The predicted molar refractivity (Wildman–Crippen MR) is 88.7 cm³/mol. The minimum atomic E-state index is 0.260. The zero-order valence-corrected chi connectivity index (χ0v) is 12.9. The van der Waals surface area contributed by atoms with E-state index in [0.29, 0.717) is 5.02 Å². The number of halogens is 1. The lowest BCUT2D eigenvalue weighted by Gasteiger charge is -2.12. The molecule has 0 saturated carbocycles. The molecule has 0 fully saturated rings. The van der Waals surface area contributed by atoms with Crippen molar-refractivity contribution >= 4 is 17.3 Å². The number of benzene rings is 2. The lowest BCUT2D eigenvalue weighted by atomic mass is 10.1. The molecule has 2 aromatic carbocycles. The highest BCUT2D eigenvalue weighted by Gasteiger charge is 2.24. The summed E-state index contributed by atoms with van der Waals surface area (Å²) < 4.78 is 2.11. The van der Waals surface area contributed by atoms with Gasteiger partial charge in [0.2, 0.25) is 0 Å². The predicted octanol–water partition coefficient (Wildman–Crippen LogP) is 4.12. The summed E-state index contributed by atoms with van der Waals surface area (Å²) in [4.78, 5) is 0. The highest BCUT2D eigenvalue weighted by atomic mass is 35.5. The second-order valence-electron chi connectivity index (χ2n) is 5.53. The van der Waals surface area contributed by atoms with Gasteiger partial charge in [-0.05, 0) is 18.2 Å². The van der Waals surface area contributed by atoms with Gasteiger partial charge in [0.1, 0.15) is 5.82 Å². The highest BCUT2D eigenvalue weighted by Crippen LogP contribution is 2.34. The Balaban J connectivity index is 2.01. The molecule has 0 radical (unpaired) electrons. The maximum absolute atomic E-state index is 6.22. The summed E-state index contributed by atoms with van der Waals surface area (Å²) in [6.45, 7) is 2.97. The van der Waals surface area contributed by atoms with Gasteiger partial charge in [-0.25, -0.2) is 0 Å². The van der Waals surface area contributed by atoms with Crippen molar-refractivity contribution in [1.82, 2.24) is 14.8 Å². The van der Waals surface area contributed by atoms with Crippen molar-refractivity contribution in [3.8, 4) is 17.1 Å². The Morgan fingerprint density at radius 2 is 1.95 bits per heavy atom. The first-order valence-electron chi connectivity index (χ1n) is 7.28. The highest BCUT2D eigenvalue weighted by molar-refractivity contribution is 6.30. The third-order valence-electron chi connectivity index (χ3n) is 3.96. The zero-order chi connectivity index (χ0) is 15.1. The van der Waals surface area contributed by atoms with Crippen LogP contribution in [-0.2, 0) is 0 Å². The van der Waals surface area contributed by atoms with Crippen molar-refractivity contribution in [2.45, 2.75) is 12.8 Å². The molecule has 0 aliphatic carbocycles. The van der Waals surface area contributed by atoms with Crippen LogP contribution in [0.15, 0.2) is 48.5 Å². The van der Waals surface area contributed by atoms with Gasteiger partial charge in [-0.2, -0.15) is 0 Å². The molecule has 4 rings (SSSR count). The minimum absolute atomic E-state index is 0.260. The van der Waals surface area contributed by atoms with Crippen LogP contribution in [0, 0.1) is 0 Å². The average molecular weight is 311 g/mol. The normalized spacial score (nSPS) is 16.4. The van der Waals surface area contributed by atoms with Crippen LogP contribution in [-0.4, -0.2) is 21.3 Å². The van der Waals surface area contributed by atoms with Gasteiger partial charge in [0, 0.05) is 23.0 Å². The summed E-state index contributed by atoms with van der Waals surface area (Å²) in [7, 11) is 0. The molecule has 2 heterocycles. The van der Waals surface area contributed by atoms with E-state index >= 15 is 0 Å². The summed E-state index contributed by atoms with van der Waals surface area (Å²) in [5, 5.41) is 13.0. The molecule has 4 nitrogen and oxygen atoms in total. The van der Waals surface area contributed by atoms with Crippen molar-refractivity contribution < 1.29 is 0 Å². The number of hydrogen-bond acceptors (Lipinski definition) is 3. The zero-order valence-electron chi connectivity index (χ0n) is 12.1. The molecule has 1 N–H and O–H groups in total. The van der Waals surface area contributed by atoms with Crippen LogP contribution >= 0.6 is 11.6 Å². The van der Waals surface area contributed by atoms with Gasteiger partial charge < -0.3 is 5.32 Å². The van der Waals surface area contributed by atoms with Crippen LogP contribution in [0.2, 0.25) is 5.02 Å². The first-order chi connectivity index (χ1) is 10.7. The van der Waals surface area contributed by atoms with Crippen LogP contribution < -0.4 is 5.32 Å². The first-order valence-corrected chi connectivity index (χ1v) is 7.66. The maximum atomic E-state index is 6.22. The van der Waals surface area contributed by atoms with E-state index in [2.05, 4.69) is 27.0 Å². The number of nitrogens with zero attached hydrogens (tertiary/aromatic N) is 3. The molecule has 1 aromatic heterocycles. The second-order valence-corrected chi connectivity index (χ2v) is 5.96. The first kappa shape index (κ1) is 13.3. The molecule has 1 aliphatic rings. The summed E-state index contributed by atoms with van der Waals surface area (Å²) in [5.74, 6) is 2.05. The van der Waals surface area contributed by atoms with Crippen LogP contribution in [0.25, 0.3) is 17.1 Å². The Kier molecular flexibility index (Phi) is 3.12. The summed E-state index contributed by atoms with van der Waals surface area (Å²) in [6, 6.07) is 16.0. The van der Waals surface area contributed by atoms with Gasteiger partial charge in [0.25, 0.3) is 0 Å². The third-order valence-corrected chi connectivity index (χ3v) is 4.20. The van der Waals surface area contributed by atoms with Crippen molar-refractivity contribution in [3.63, 3.8) is 0 Å². The number of nitrogens with one attached hydrogen (secondary N) is 1. The van der Waals surface area contributed by atoms with E-state index in [4.69, 9.17) is 11.6 Å². The minimum Gasteiger partial charge on any atom is -0.383 e. The third kappa shape index (κ3) is 2.07. The Bertz CT molecular complexity index is 826. The topological polar surface area (TPSA) is 42.7 Å². The Morgan fingerprint density at radius 3 is 2.77 bits per heavy atom. The Hall–Kier alpha value is -2.33. The number of hydrogen-bond donors (Lipinski definition) is 1. The van der Waals surface area contributed by atoms with Crippen LogP contribution in [0.3, 0.4) is 0 Å². The molecule has 0 unspecified atom stereocenters. The van der Waals surface area contributed by atoms with Crippen molar-refractivity contribution in [2.24, 2.45) is 0 Å². The fraction of sp³-hybridized carbons (Fsp3) is 0.176. The Labute approximate surface area is 133 Å². The van der Waals surface area contributed by atoms with Gasteiger partial charge >= 0.3 is 0 Å². The van der Waals surface area contributed by atoms with E-state index in [1.54, 1.807) is 0 Å². The lowest BCUT2D eigenvalue weighted by molar-refractivity contribution is 0.725. The number of fused-ring (bicyclic) bond motifs is 3. The SMILES string of the molecule is C[C@@H]1CNc2ccc(Cl)cc2-n2c(-c3ccccc3)nnc21. The molecular weight excluding hydrogens is 296 g/mol. The fourth-order valence-electron chi connectivity index (χ4n) is 2.82. The molecule has 3 aromatic rings. The fourth-order valence-corrected chi connectivity index (χ4v) is 2.99. The molecule has 1 aliphatic heterocycles. The van der Waals surface area contributed by atoms with Crippen LogP contribution in [0.5, 0.6) is 0 Å². The summed E-state index contributed by atoms with van der Waals surface area (Å²) in [5.41, 5.74) is 3.09. The molecule has 0 amide bonds. The van der Waals surface area contributed by atoms with Crippen molar-refractivity contribution in [2.75, 3.05) is 11.9 Å². The quantitative estimate of drug-likeness (QED) is 0.735. The van der Waals surface area contributed by atoms with E-state index in [0.717, 1.165) is 35.1 Å². The van der Waals surface area contributed by atoms with Gasteiger partial charge in [-0.15, -0.1) is 10.2 Å². The molecule has 0 spiro atoms. The lowest BCUT2D eigenvalue weighted by Crippen LogP contribution is -2.09. The standard InChI is InChI=1S/C17H15ClN4/c1-11-10-19-14-8-7-13(18)9-15(14)22-16(11)20-21-17(22)12-5-3-2-4-6-12/h2-9,11,19H,10H2,1H3/t11-/m1/s1. The molecule has 0 bridgehead atoms. The van der Waals surface area contributed by atoms with E-state index < -0.39 is 0 Å². The summed E-state index contributed by atoms with van der Waals surface area (Å²) in [6.07, 6.45) is 0. The van der Waals surface area contributed by atoms with Gasteiger partial charge in [0.15, 0.2) is 5.82 Å². The van der Waals surface area contributed by atoms with Crippen LogP contribution in [0.4, 0.5) is 5.69 Å².